The van der Waals surface area contributed by atoms with Crippen LogP contribution in [0.5, 0.6) is 0 Å². The van der Waals surface area contributed by atoms with E-state index >= 15 is 0 Å². The lowest BCUT2D eigenvalue weighted by molar-refractivity contribution is -0.213. The standard InChI is InChI=1S/C38H55N3O6/c1-25(9-7-6-8-21-41-22-20-39-40-41)31-12-13-32-30-11-10-28-23-29(16-18-37(28,4)33(30)17-19-38(31,32)5)46-36-15-14-34(45-27(3)43)35(47-36)24-44-26(2)42/h9-10,14-15,20,22,29-36H,6-8,11-13,16-19,21,23-24H2,1-5H3/b25-9+/t29-,30-,31+,32-,33-,34-,35+,36?,37-,38+/m0/s1. The second-order valence-corrected chi connectivity index (χ2v) is 15.3. The molecule has 258 valence electrons. The van der Waals surface area contributed by atoms with Gasteiger partial charge in [-0.15, -0.1) is 5.10 Å². The van der Waals surface area contributed by atoms with Crippen molar-refractivity contribution in [3.05, 3.63) is 47.8 Å². The fraction of sp³-hybridized carbons (Fsp3) is 0.737. The summed E-state index contributed by atoms with van der Waals surface area (Å²) in [6.45, 7) is 11.3. The minimum absolute atomic E-state index is 0.00950. The first kappa shape index (κ1) is 34.1. The number of carbonyl (C=O) groups is 2. The van der Waals surface area contributed by atoms with Crippen molar-refractivity contribution in [2.75, 3.05) is 6.61 Å². The molecule has 6 rings (SSSR count). The maximum Gasteiger partial charge on any atom is 0.303 e. The van der Waals surface area contributed by atoms with Gasteiger partial charge in [-0.25, -0.2) is 0 Å². The third-order valence-corrected chi connectivity index (χ3v) is 12.6. The van der Waals surface area contributed by atoms with Crippen molar-refractivity contribution in [2.24, 2.45) is 34.5 Å². The number of esters is 2. The Morgan fingerprint density at radius 2 is 1.89 bits per heavy atom. The zero-order valence-electron chi connectivity index (χ0n) is 29.1. The Morgan fingerprint density at radius 3 is 2.66 bits per heavy atom. The van der Waals surface area contributed by atoms with Crippen LogP contribution in [0.3, 0.4) is 0 Å². The molecule has 9 nitrogen and oxygen atoms in total. The molecule has 0 aromatic carbocycles. The first-order valence-corrected chi connectivity index (χ1v) is 18.1. The predicted octanol–water partition coefficient (Wildman–Crippen LogP) is 7.13. The summed E-state index contributed by atoms with van der Waals surface area (Å²) in [5.74, 6) is 2.21. The molecule has 0 bridgehead atoms. The number of nitrogens with zero attached hydrogens (tertiary/aromatic N) is 3. The van der Waals surface area contributed by atoms with E-state index in [1.807, 2.05) is 17.0 Å². The summed E-state index contributed by atoms with van der Waals surface area (Å²) in [5, 5.41) is 8.00. The molecule has 47 heavy (non-hydrogen) atoms. The first-order valence-electron chi connectivity index (χ1n) is 18.1. The highest BCUT2D eigenvalue weighted by Crippen LogP contribution is 2.67. The van der Waals surface area contributed by atoms with E-state index in [1.54, 1.807) is 23.4 Å². The van der Waals surface area contributed by atoms with E-state index < -0.39 is 30.4 Å². The van der Waals surface area contributed by atoms with Crippen molar-refractivity contribution in [3.63, 3.8) is 0 Å². The third kappa shape index (κ3) is 7.31. The largest absolute Gasteiger partial charge is 0.463 e. The van der Waals surface area contributed by atoms with E-state index in [2.05, 4.69) is 43.2 Å². The molecule has 0 saturated heterocycles. The molecule has 10 atom stereocenters. The molecular weight excluding hydrogens is 594 g/mol. The molecule has 1 aliphatic heterocycles. The lowest BCUT2D eigenvalue weighted by Gasteiger charge is -2.58. The van der Waals surface area contributed by atoms with E-state index in [-0.39, 0.29) is 18.1 Å². The van der Waals surface area contributed by atoms with Crippen LogP contribution >= 0.6 is 0 Å². The van der Waals surface area contributed by atoms with Crippen LogP contribution in [0.1, 0.15) is 105 Å². The molecule has 1 aromatic heterocycles. The lowest BCUT2D eigenvalue weighted by Crippen LogP contribution is -2.51. The molecule has 0 amide bonds. The van der Waals surface area contributed by atoms with Crippen molar-refractivity contribution >= 4 is 11.9 Å². The smallest absolute Gasteiger partial charge is 0.303 e. The maximum absolute atomic E-state index is 11.6. The Balaban J connectivity index is 1.05. The van der Waals surface area contributed by atoms with Crippen LogP contribution in [0.25, 0.3) is 0 Å². The number of rotatable bonds is 11. The van der Waals surface area contributed by atoms with Gasteiger partial charge in [-0.2, -0.15) is 0 Å². The molecule has 3 saturated carbocycles. The molecule has 1 unspecified atom stereocenters. The molecular formula is C38H55N3O6. The van der Waals surface area contributed by atoms with Crippen LogP contribution < -0.4 is 0 Å². The maximum atomic E-state index is 11.6. The monoisotopic (exact) mass is 649 g/mol. The quantitative estimate of drug-likeness (QED) is 0.142. The fourth-order valence-electron chi connectivity index (χ4n) is 10.3. The van der Waals surface area contributed by atoms with E-state index in [0.717, 1.165) is 56.4 Å². The van der Waals surface area contributed by atoms with Gasteiger partial charge in [0.2, 0.25) is 0 Å². The van der Waals surface area contributed by atoms with Gasteiger partial charge >= 0.3 is 11.9 Å². The molecule has 0 spiro atoms. The van der Waals surface area contributed by atoms with E-state index in [1.165, 1.54) is 52.4 Å². The number of aryl methyl sites for hydroxylation is 1. The van der Waals surface area contributed by atoms with Gasteiger partial charge in [0, 0.05) is 26.6 Å². The summed E-state index contributed by atoms with van der Waals surface area (Å²) >= 11 is 0. The molecule has 1 aromatic rings. The summed E-state index contributed by atoms with van der Waals surface area (Å²) < 4.78 is 25.2. The average Bonchev–Trinajstić information content (AvgIpc) is 3.68. The zero-order chi connectivity index (χ0) is 33.2. The Morgan fingerprint density at radius 1 is 1.04 bits per heavy atom. The summed E-state index contributed by atoms with van der Waals surface area (Å²) in [6.07, 6.45) is 23.8. The number of carbonyl (C=O) groups excluding carboxylic acids is 2. The molecule has 4 aliphatic carbocycles. The zero-order valence-corrected chi connectivity index (χ0v) is 29.1. The molecule has 0 radical (unpaired) electrons. The Hall–Kier alpha value is -2.78. The SMILES string of the molecule is CC(=O)OC[C@H]1OC(O[C@H]2CC[C@@]3(C)C(=CC[C@H]4[C@@H]5CC[C@H](/C(C)=C/CCCCn6ccnn6)[C@@]5(C)CC[C@@H]43)C2)C=C[C@@H]1OC(C)=O. The summed E-state index contributed by atoms with van der Waals surface area (Å²) in [5.41, 5.74) is 3.84. The number of ether oxygens (including phenoxy) is 4. The van der Waals surface area contributed by atoms with Crippen LogP contribution in [-0.4, -0.2) is 58.1 Å². The van der Waals surface area contributed by atoms with Gasteiger partial charge in [-0.3, -0.25) is 14.3 Å². The minimum Gasteiger partial charge on any atom is -0.463 e. The van der Waals surface area contributed by atoms with Gasteiger partial charge in [0.1, 0.15) is 18.8 Å². The van der Waals surface area contributed by atoms with E-state index in [9.17, 15) is 9.59 Å². The van der Waals surface area contributed by atoms with Gasteiger partial charge in [-0.1, -0.05) is 42.4 Å². The van der Waals surface area contributed by atoms with E-state index in [4.69, 9.17) is 18.9 Å². The van der Waals surface area contributed by atoms with Gasteiger partial charge < -0.3 is 18.9 Å². The van der Waals surface area contributed by atoms with E-state index in [0.29, 0.717) is 11.3 Å². The van der Waals surface area contributed by atoms with Crippen LogP contribution in [0.4, 0.5) is 0 Å². The van der Waals surface area contributed by atoms with Crippen LogP contribution in [0, 0.1) is 34.5 Å². The summed E-state index contributed by atoms with van der Waals surface area (Å²) in [6, 6.07) is 0. The van der Waals surface area contributed by atoms with Gasteiger partial charge in [0.15, 0.2) is 6.29 Å². The summed E-state index contributed by atoms with van der Waals surface area (Å²) in [7, 11) is 0. The molecule has 3 fully saturated rings. The Labute approximate surface area is 280 Å². The number of fused-ring (bicyclic) bond motifs is 5. The predicted molar refractivity (Wildman–Crippen MR) is 178 cm³/mol. The van der Waals surface area contributed by atoms with Crippen LogP contribution in [0.2, 0.25) is 0 Å². The van der Waals surface area contributed by atoms with Crippen LogP contribution in [-0.2, 0) is 35.1 Å². The number of hydrogen-bond acceptors (Lipinski definition) is 8. The summed E-state index contributed by atoms with van der Waals surface area (Å²) in [4.78, 5) is 23.1. The Kier molecular flexibility index (Phi) is 10.4. The van der Waals surface area contributed by atoms with Gasteiger partial charge in [0.25, 0.3) is 0 Å². The number of unbranched alkanes of at least 4 members (excludes halogenated alkanes) is 2. The van der Waals surface area contributed by atoms with Gasteiger partial charge in [-0.05, 0) is 124 Å². The second-order valence-electron chi connectivity index (χ2n) is 15.3. The fourth-order valence-corrected chi connectivity index (χ4v) is 10.3. The number of aromatic nitrogens is 3. The van der Waals surface area contributed by atoms with Crippen molar-refractivity contribution in [2.45, 2.75) is 136 Å². The molecule has 0 N–H and O–H groups in total. The second kappa shape index (κ2) is 14.4. The molecule has 9 heteroatoms. The number of allylic oxidation sites excluding steroid dienone is 3. The average molecular weight is 650 g/mol. The van der Waals surface area contributed by atoms with Gasteiger partial charge in [0.05, 0.1) is 12.3 Å². The molecule has 5 aliphatic rings. The third-order valence-electron chi connectivity index (χ3n) is 12.6. The first-order chi connectivity index (χ1) is 22.6. The van der Waals surface area contributed by atoms with Crippen molar-refractivity contribution < 1.29 is 28.5 Å². The highest BCUT2D eigenvalue weighted by atomic mass is 16.7. The highest BCUT2D eigenvalue weighted by molar-refractivity contribution is 5.66. The topological polar surface area (TPSA) is 102 Å². The Bertz CT molecular complexity index is 1350. The highest BCUT2D eigenvalue weighted by Gasteiger charge is 2.58. The number of hydrogen-bond donors (Lipinski definition) is 0. The van der Waals surface area contributed by atoms with Crippen LogP contribution in [0.15, 0.2) is 47.8 Å². The normalized spacial score (nSPS) is 38.1. The minimum atomic E-state index is -0.609. The lowest BCUT2D eigenvalue weighted by atomic mass is 9.47. The molecule has 2 heterocycles. The van der Waals surface area contributed by atoms with Crippen molar-refractivity contribution in [1.29, 1.82) is 0 Å². The van der Waals surface area contributed by atoms with Crippen molar-refractivity contribution in [3.8, 4) is 0 Å². The van der Waals surface area contributed by atoms with Crippen molar-refractivity contribution in [1.82, 2.24) is 15.0 Å².